The van der Waals surface area contributed by atoms with Gasteiger partial charge in [-0.1, -0.05) is 43.4 Å². The molecule has 2 bridgehead atoms. The lowest BCUT2D eigenvalue weighted by Crippen LogP contribution is -2.35. The van der Waals surface area contributed by atoms with Crippen LogP contribution in [0.5, 0.6) is 0 Å². The highest BCUT2D eigenvalue weighted by atomic mass is 16.6. The van der Waals surface area contributed by atoms with E-state index in [9.17, 15) is 9.90 Å². The Labute approximate surface area is 163 Å². The molecule has 1 aliphatic heterocycles. The number of carboxylic acids is 1. The van der Waals surface area contributed by atoms with E-state index in [0.29, 0.717) is 18.8 Å². The van der Waals surface area contributed by atoms with Crippen LogP contribution in [0.2, 0.25) is 6.82 Å². The van der Waals surface area contributed by atoms with Gasteiger partial charge in [-0.25, -0.2) is 0 Å². The molecule has 1 saturated carbocycles. The van der Waals surface area contributed by atoms with Crippen molar-refractivity contribution in [2.75, 3.05) is 0 Å². The van der Waals surface area contributed by atoms with Gasteiger partial charge in [-0.05, 0) is 51.3 Å². The predicted molar refractivity (Wildman–Crippen MR) is 107 cm³/mol. The van der Waals surface area contributed by atoms with E-state index in [0.717, 1.165) is 25.7 Å². The molecule has 27 heavy (non-hydrogen) atoms. The predicted octanol–water partition coefficient (Wildman–Crippen LogP) is 4.00. The fourth-order valence-electron chi connectivity index (χ4n) is 3.97. The van der Waals surface area contributed by atoms with Crippen molar-refractivity contribution >= 4 is 13.1 Å². The van der Waals surface area contributed by atoms with Crippen LogP contribution in [0.15, 0.2) is 36.5 Å². The Morgan fingerprint density at radius 1 is 1.22 bits per heavy atom. The first-order valence-corrected chi connectivity index (χ1v) is 10.2. The van der Waals surface area contributed by atoms with Gasteiger partial charge < -0.3 is 19.5 Å². The largest absolute Gasteiger partial charge is 0.481 e. The molecule has 0 aromatic rings. The number of carboxylic acid groups (broad SMARTS) is 1. The lowest BCUT2D eigenvalue weighted by molar-refractivity contribution is -0.137. The maximum Gasteiger partial charge on any atom is 0.453 e. The third-order valence-electron chi connectivity index (χ3n) is 5.27. The van der Waals surface area contributed by atoms with E-state index in [1.54, 1.807) is 0 Å². The van der Waals surface area contributed by atoms with Crippen molar-refractivity contribution < 1.29 is 24.3 Å². The van der Waals surface area contributed by atoms with Crippen molar-refractivity contribution in [3.8, 4) is 0 Å². The smallest absolute Gasteiger partial charge is 0.453 e. The minimum absolute atomic E-state index is 0.138. The minimum Gasteiger partial charge on any atom is -0.481 e. The van der Waals surface area contributed by atoms with Crippen molar-refractivity contribution in [2.45, 2.75) is 77.0 Å². The average Bonchev–Trinajstić information content (AvgIpc) is 2.86. The molecule has 0 unspecified atom stereocenters. The van der Waals surface area contributed by atoms with Crippen molar-refractivity contribution in [1.82, 2.24) is 0 Å². The van der Waals surface area contributed by atoms with Crippen molar-refractivity contribution in [1.29, 1.82) is 0 Å². The molecule has 1 heterocycles. The summed E-state index contributed by atoms with van der Waals surface area (Å²) in [5, 5.41) is 18.9. The standard InChI is InChI=1S/C21H33BO5/c1-3-4-7-10-16(23)13-14-18-17(11-8-5-6-9-12-21(24)25)19-15-20(18)27-22(2)26-19/h4-5,7-8,13-14,16-20,23H,3,6,9-12,15H2,1-2H3,(H,24,25)/b7-4-,8-5-,14-13+/t16-,17+,18+,19-,20+/m0/s1. The van der Waals surface area contributed by atoms with Gasteiger partial charge in [0.25, 0.3) is 0 Å². The highest BCUT2D eigenvalue weighted by molar-refractivity contribution is 6.42. The fraction of sp³-hybridized carbons (Fsp3) is 0.667. The van der Waals surface area contributed by atoms with Gasteiger partial charge in [0.05, 0.1) is 12.2 Å². The van der Waals surface area contributed by atoms with Crippen LogP contribution < -0.4 is 0 Å². The summed E-state index contributed by atoms with van der Waals surface area (Å²) in [7, 11) is -0.188. The van der Waals surface area contributed by atoms with Crippen LogP contribution >= 0.6 is 0 Å². The van der Waals surface area contributed by atoms with Crippen LogP contribution in [-0.2, 0) is 14.1 Å². The zero-order chi connectivity index (χ0) is 19.6. The fourth-order valence-corrected chi connectivity index (χ4v) is 3.97. The van der Waals surface area contributed by atoms with Crippen LogP contribution in [0.25, 0.3) is 0 Å². The zero-order valence-corrected chi connectivity index (χ0v) is 16.5. The first-order chi connectivity index (χ1) is 13.0. The number of fused-ring (bicyclic) bond motifs is 2. The number of aliphatic carboxylic acids is 1. The summed E-state index contributed by atoms with van der Waals surface area (Å²) < 4.78 is 11.9. The molecule has 0 aromatic heterocycles. The number of allylic oxidation sites excluding steroid dienone is 3. The van der Waals surface area contributed by atoms with Gasteiger partial charge in [-0.2, -0.15) is 0 Å². The Hall–Kier alpha value is -1.37. The van der Waals surface area contributed by atoms with Crippen molar-refractivity contribution in [2.24, 2.45) is 11.8 Å². The molecule has 5 nitrogen and oxygen atoms in total. The molecule has 1 saturated heterocycles. The first kappa shape index (κ1) is 21.9. The molecule has 2 N–H and O–H groups in total. The molecule has 1 aliphatic carbocycles. The topological polar surface area (TPSA) is 76.0 Å². The van der Waals surface area contributed by atoms with Crippen LogP contribution in [0.1, 0.15) is 51.9 Å². The second-order valence-corrected chi connectivity index (χ2v) is 7.45. The van der Waals surface area contributed by atoms with E-state index >= 15 is 0 Å². The molecule has 0 aromatic carbocycles. The number of aliphatic hydroxyl groups is 1. The molecular formula is C21H33BO5. The summed E-state index contributed by atoms with van der Waals surface area (Å²) in [5.41, 5.74) is 0. The second kappa shape index (κ2) is 11.5. The molecule has 6 heteroatoms. The van der Waals surface area contributed by atoms with E-state index < -0.39 is 12.1 Å². The maximum absolute atomic E-state index is 10.6. The average molecular weight is 376 g/mol. The molecule has 0 amide bonds. The van der Waals surface area contributed by atoms with Crippen LogP contribution in [0, 0.1) is 11.8 Å². The van der Waals surface area contributed by atoms with E-state index in [4.69, 9.17) is 14.4 Å². The number of carbonyl (C=O) groups is 1. The summed E-state index contributed by atoms with van der Waals surface area (Å²) in [6, 6.07) is 0. The van der Waals surface area contributed by atoms with Gasteiger partial charge in [-0.15, -0.1) is 0 Å². The lowest BCUT2D eigenvalue weighted by atomic mass is 9.89. The molecule has 5 atom stereocenters. The second-order valence-electron chi connectivity index (χ2n) is 7.45. The SMILES string of the molecule is CC/C=C\C[C@H](O)/C=C/[C@@H]1[C@@H](C/C=C\CCCC(=O)O)[C@@H]2C[C@H]1OB(C)O2. The number of rotatable bonds is 11. The maximum atomic E-state index is 10.6. The van der Waals surface area contributed by atoms with Gasteiger partial charge >= 0.3 is 13.1 Å². The quantitative estimate of drug-likeness (QED) is 0.324. The highest BCUT2D eigenvalue weighted by Crippen LogP contribution is 2.43. The Morgan fingerprint density at radius 2 is 2.00 bits per heavy atom. The normalized spacial score (nSPS) is 29.4. The Balaban J connectivity index is 1.92. The minimum atomic E-state index is -0.745. The highest BCUT2D eigenvalue weighted by Gasteiger charge is 2.48. The summed E-state index contributed by atoms with van der Waals surface area (Å²) >= 11 is 0. The number of unbranched alkanes of at least 4 members (excludes halogenated alkanes) is 1. The molecular weight excluding hydrogens is 343 g/mol. The number of hydrogen-bond donors (Lipinski definition) is 2. The van der Waals surface area contributed by atoms with Gasteiger partial charge in [0.1, 0.15) is 0 Å². The van der Waals surface area contributed by atoms with Gasteiger partial charge in [0.15, 0.2) is 0 Å². The molecule has 150 valence electrons. The molecule has 2 rings (SSSR count). The Kier molecular flexibility index (Phi) is 9.32. The third kappa shape index (κ3) is 7.28. The van der Waals surface area contributed by atoms with Gasteiger partial charge in [0, 0.05) is 18.4 Å². The summed E-state index contributed by atoms with van der Waals surface area (Å²) in [6.07, 6.45) is 17.2. The van der Waals surface area contributed by atoms with Crippen molar-refractivity contribution in [3.63, 3.8) is 0 Å². The summed E-state index contributed by atoms with van der Waals surface area (Å²) in [6.45, 7) is 4.02. The molecule has 2 aliphatic rings. The summed E-state index contributed by atoms with van der Waals surface area (Å²) in [5.74, 6) is -0.191. The third-order valence-corrected chi connectivity index (χ3v) is 5.27. The van der Waals surface area contributed by atoms with E-state index in [2.05, 4.69) is 31.2 Å². The van der Waals surface area contributed by atoms with Crippen molar-refractivity contribution in [3.05, 3.63) is 36.5 Å². The Morgan fingerprint density at radius 3 is 2.74 bits per heavy atom. The van der Waals surface area contributed by atoms with Crippen LogP contribution in [0.3, 0.4) is 0 Å². The number of hydrogen-bond acceptors (Lipinski definition) is 4. The molecule has 0 spiro atoms. The van der Waals surface area contributed by atoms with Gasteiger partial charge in [-0.3, -0.25) is 4.79 Å². The summed E-state index contributed by atoms with van der Waals surface area (Å²) in [4.78, 5) is 10.6. The molecule has 2 fully saturated rings. The molecule has 0 radical (unpaired) electrons. The van der Waals surface area contributed by atoms with E-state index in [-0.39, 0.29) is 31.7 Å². The van der Waals surface area contributed by atoms with Crippen LogP contribution in [-0.4, -0.2) is 41.6 Å². The van der Waals surface area contributed by atoms with E-state index in [1.807, 2.05) is 19.0 Å². The monoisotopic (exact) mass is 376 g/mol. The zero-order valence-electron chi connectivity index (χ0n) is 16.5. The first-order valence-electron chi connectivity index (χ1n) is 10.2. The lowest BCUT2D eigenvalue weighted by Gasteiger charge is -2.25. The van der Waals surface area contributed by atoms with Crippen LogP contribution in [0.4, 0.5) is 0 Å². The Bertz CT molecular complexity index is 545. The van der Waals surface area contributed by atoms with Gasteiger partial charge in [0.2, 0.25) is 0 Å². The van der Waals surface area contributed by atoms with E-state index in [1.165, 1.54) is 0 Å². The number of aliphatic hydroxyl groups excluding tert-OH is 1.